The Morgan fingerprint density at radius 3 is 1.38 bits per heavy atom. The molecule has 0 radical (unpaired) electrons. The maximum atomic E-state index is 10.9. The van der Waals surface area contributed by atoms with Crippen LogP contribution in [0.15, 0.2) is 60.7 Å². The van der Waals surface area contributed by atoms with Crippen molar-refractivity contribution in [2.45, 2.75) is 38.5 Å². The molecular formula is C28H28O4. The average molecular weight is 429 g/mol. The van der Waals surface area contributed by atoms with Gasteiger partial charge in [0, 0.05) is 11.1 Å². The summed E-state index contributed by atoms with van der Waals surface area (Å²) < 4.78 is 12.1. The molecule has 0 spiro atoms. The Hall–Kier alpha value is -3.40. The molecule has 4 bridgehead atoms. The largest absolute Gasteiger partial charge is 0.507 e. The van der Waals surface area contributed by atoms with Crippen molar-refractivity contribution in [3.8, 4) is 34.1 Å². The lowest BCUT2D eigenvalue weighted by Crippen LogP contribution is -1.99. The third kappa shape index (κ3) is 4.05. The zero-order valence-electron chi connectivity index (χ0n) is 18.1. The quantitative estimate of drug-likeness (QED) is 0.311. The number of hydrogen-bond acceptors (Lipinski definition) is 4. The molecule has 2 N–H and O–H groups in total. The fourth-order valence-corrected chi connectivity index (χ4v) is 4.57. The molecule has 0 atom stereocenters. The first kappa shape index (κ1) is 20.5. The minimum absolute atomic E-state index is 0.123. The molecule has 1 heterocycles. The molecule has 0 fully saturated rings. The topological polar surface area (TPSA) is 58.9 Å². The fourth-order valence-electron chi connectivity index (χ4n) is 4.57. The molecule has 1 aliphatic rings. The monoisotopic (exact) mass is 428 g/mol. The van der Waals surface area contributed by atoms with E-state index in [0.29, 0.717) is 24.3 Å². The van der Waals surface area contributed by atoms with Gasteiger partial charge in [-0.2, -0.15) is 0 Å². The second kappa shape index (κ2) is 8.99. The van der Waals surface area contributed by atoms with Crippen LogP contribution in [0, 0.1) is 0 Å². The van der Waals surface area contributed by atoms with Crippen molar-refractivity contribution in [1.82, 2.24) is 0 Å². The molecule has 5 rings (SSSR count). The molecule has 0 amide bonds. The van der Waals surface area contributed by atoms with Crippen molar-refractivity contribution >= 4 is 21.5 Å². The van der Waals surface area contributed by atoms with Crippen LogP contribution < -0.4 is 9.47 Å². The SMILES string of the molecule is Oc1ccc2ccc3cc2c1-c1c(O)ccc2ccc(cc12)OCCCCCCCCO3. The number of ether oxygens (including phenoxy) is 2. The molecule has 4 aromatic carbocycles. The smallest absolute Gasteiger partial charge is 0.124 e. The average Bonchev–Trinajstić information content (AvgIpc) is 2.80. The Morgan fingerprint density at radius 2 is 0.906 bits per heavy atom. The van der Waals surface area contributed by atoms with Crippen molar-refractivity contribution in [3.05, 3.63) is 60.7 Å². The molecule has 0 unspecified atom stereocenters. The highest BCUT2D eigenvalue weighted by molar-refractivity contribution is 6.10. The molecule has 0 aliphatic carbocycles. The van der Waals surface area contributed by atoms with Crippen LogP contribution in [0.2, 0.25) is 0 Å². The lowest BCUT2D eigenvalue weighted by atomic mass is 9.92. The molecule has 0 aromatic heterocycles. The summed E-state index contributed by atoms with van der Waals surface area (Å²) in [6.07, 6.45) is 6.75. The van der Waals surface area contributed by atoms with Gasteiger partial charge in [-0.15, -0.1) is 0 Å². The summed E-state index contributed by atoms with van der Waals surface area (Å²) in [5.41, 5.74) is 1.21. The van der Waals surface area contributed by atoms with Crippen molar-refractivity contribution in [2.24, 2.45) is 0 Å². The van der Waals surface area contributed by atoms with E-state index in [0.717, 1.165) is 58.7 Å². The third-order valence-electron chi connectivity index (χ3n) is 6.27. The first-order valence-corrected chi connectivity index (χ1v) is 11.5. The van der Waals surface area contributed by atoms with Gasteiger partial charge in [-0.25, -0.2) is 0 Å². The van der Waals surface area contributed by atoms with Crippen molar-refractivity contribution in [3.63, 3.8) is 0 Å². The van der Waals surface area contributed by atoms with Gasteiger partial charge in [-0.1, -0.05) is 49.9 Å². The van der Waals surface area contributed by atoms with E-state index >= 15 is 0 Å². The normalized spacial score (nSPS) is 15.2. The Balaban J connectivity index is 1.72. The van der Waals surface area contributed by atoms with Gasteiger partial charge in [0.25, 0.3) is 0 Å². The Kier molecular flexibility index (Phi) is 5.76. The van der Waals surface area contributed by atoms with E-state index in [9.17, 15) is 10.2 Å². The van der Waals surface area contributed by atoms with Gasteiger partial charge in [0.15, 0.2) is 0 Å². The summed E-state index contributed by atoms with van der Waals surface area (Å²) in [5.74, 6) is 1.79. The first-order chi connectivity index (χ1) is 15.7. The Bertz CT molecular complexity index is 1160. The minimum Gasteiger partial charge on any atom is -0.507 e. The first-order valence-electron chi connectivity index (χ1n) is 11.5. The van der Waals surface area contributed by atoms with Gasteiger partial charge >= 0.3 is 0 Å². The van der Waals surface area contributed by atoms with E-state index in [2.05, 4.69) is 0 Å². The molecule has 0 saturated carbocycles. The number of fused-ring (bicyclic) bond motifs is 3. The molecular weight excluding hydrogens is 400 g/mol. The molecule has 4 aromatic rings. The molecule has 32 heavy (non-hydrogen) atoms. The lowest BCUT2D eigenvalue weighted by molar-refractivity contribution is 0.297. The van der Waals surface area contributed by atoms with Crippen LogP contribution in [0.1, 0.15) is 38.5 Å². The van der Waals surface area contributed by atoms with E-state index in [-0.39, 0.29) is 11.5 Å². The van der Waals surface area contributed by atoms with Gasteiger partial charge in [0.05, 0.1) is 13.2 Å². The van der Waals surface area contributed by atoms with Crippen LogP contribution in [-0.4, -0.2) is 23.4 Å². The summed E-state index contributed by atoms with van der Waals surface area (Å²) in [4.78, 5) is 0. The van der Waals surface area contributed by atoms with Gasteiger partial charge in [0.1, 0.15) is 23.0 Å². The summed E-state index contributed by atoms with van der Waals surface area (Å²) in [6.45, 7) is 1.34. The predicted octanol–water partition coefficient (Wildman–Crippen LogP) is 7.18. The molecule has 164 valence electrons. The predicted molar refractivity (Wildman–Crippen MR) is 129 cm³/mol. The highest BCUT2D eigenvalue weighted by atomic mass is 16.5. The molecule has 4 heteroatoms. The van der Waals surface area contributed by atoms with Crippen molar-refractivity contribution in [2.75, 3.05) is 13.2 Å². The van der Waals surface area contributed by atoms with E-state index in [1.165, 1.54) is 12.8 Å². The highest BCUT2D eigenvalue weighted by Crippen LogP contribution is 2.45. The number of aromatic hydroxyl groups is 2. The van der Waals surface area contributed by atoms with Crippen LogP contribution >= 0.6 is 0 Å². The zero-order valence-corrected chi connectivity index (χ0v) is 18.1. The standard InChI is InChI=1S/C28H28O4/c29-25-13-9-19-7-11-21-17-23(19)27(25)28-24-18-22(12-8-20(24)10-14-26(28)30)32-16-6-4-2-1-3-5-15-31-21/h7-14,17-18,29-30H,1-6,15-16H2. The Morgan fingerprint density at radius 1 is 0.500 bits per heavy atom. The van der Waals surface area contributed by atoms with Crippen LogP contribution in [-0.2, 0) is 0 Å². The third-order valence-corrected chi connectivity index (χ3v) is 6.27. The van der Waals surface area contributed by atoms with E-state index in [1.807, 2.05) is 48.5 Å². The van der Waals surface area contributed by atoms with Crippen LogP contribution in [0.3, 0.4) is 0 Å². The van der Waals surface area contributed by atoms with Gasteiger partial charge in [0.2, 0.25) is 0 Å². The van der Waals surface area contributed by atoms with Gasteiger partial charge in [-0.3, -0.25) is 0 Å². The van der Waals surface area contributed by atoms with Crippen molar-refractivity contribution < 1.29 is 19.7 Å². The second-order valence-electron chi connectivity index (χ2n) is 8.50. The van der Waals surface area contributed by atoms with E-state index < -0.39 is 0 Å². The maximum Gasteiger partial charge on any atom is 0.124 e. The van der Waals surface area contributed by atoms with Crippen LogP contribution in [0.5, 0.6) is 23.0 Å². The lowest BCUT2D eigenvalue weighted by Gasteiger charge is -2.16. The van der Waals surface area contributed by atoms with Gasteiger partial charge < -0.3 is 19.7 Å². The van der Waals surface area contributed by atoms with E-state index in [1.54, 1.807) is 12.1 Å². The maximum absolute atomic E-state index is 10.9. The summed E-state index contributed by atoms with van der Waals surface area (Å²) in [7, 11) is 0. The summed E-state index contributed by atoms with van der Waals surface area (Å²) in [5, 5.41) is 25.5. The van der Waals surface area contributed by atoms with Crippen molar-refractivity contribution in [1.29, 1.82) is 0 Å². The molecule has 4 nitrogen and oxygen atoms in total. The molecule has 1 aliphatic heterocycles. The van der Waals surface area contributed by atoms with E-state index in [4.69, 9.17) is 9.47 Å². The van der Waals surface area contributed by atoms with Crippen LogP contribution in [0.4, 0.5) is 0 Å². The van der Waals surface area contributed by atoms with Gasteiger partial charge in [-0.05, 0) is 70.8 Å². The number of rotatable bonds is 0. The number of phenolic OH excluding ortho intramolecular Hbond substituents is 2. The number of hydrogen-bond donors (Lipinski definition) is 2. The van der Waals surface area contributed by atoms with Crippen LogP contribution in [0.25, 0.3) is 32.7 Å². The second-order valence-corrected chi connectivity index (χ2v) is 8.50. The number of phenols is 2. The molecule has 0 saturated heterocycles. The highest BCUT2D eigenvalue weighted by Gasteiger charge is 2.18. The number of benzene rings is 4. The Labute approximate surface area is 188 Å². The minimum atomic E-state index is 0.123. The fraction of sp³-hybridized carbons (Fsp3) is 0.286. The summed E-state index contributed by atoms with van der Waals surface area (Å²) >= 11 is 0. The zero-order chi connectivity index (χ0) is 21.9. The summed E-state index contributed by atoms with van der Waals surface area (Å²) in [6, 6.07) is 19.0.